The van der Waals surface area contributed by atoms with Crippen LogP contribution in [0.4, 0.5) is 0 Å². The van der Waals surface area contributed by atoms with Crippen LogP contribution in [0.25, 0.3) is 0 Å². The number of aliphatic hydroxyl groups is 17. The normalized spacial score (nSPS) is 54.3. The van der Waals surface area contributed by atoms with Gasteiger partial charge in [-0.3, -0.25) is 9.59 Å². The summed E-state index contributed by atoms with van der Waals surface area (Å²) in [5.41, 5.74) is -5.96. The number of ether oxygens (including phenoxy) is 14. The highest BCUT2D eigenvalue weighted by atomic mass is 16.8. The topological polar surface area (TPSA) is 562 Å². The molecule has 0 spiro atoms. The van der Waals surface area contributed by atoms with Crippen molar-refractivity contribution >= 4 is 24.2 Å². The minimum Gasteiger partial charge on any atom is -0.479 e. The molecule has 0 amide bonds. The lowest BCUT2D eigenvalue weighted by Gasteiger charge is -2.72. The highest BCUT2D eigenvalue weighted by Crippen LogP contribution is 2.76. The number of carbonyl (C=O) groups excluding carboxylic acids is 3. The van der Waals surface area contributed by atoms with E-state index >= 15 is 4.79 Å². The largest absolute Gasteiger partial charge is 0.479 e. The van der Waals surface area contributed by atoms with E-state index in [2.05, 4.69) is 46.8 Å². The molecule has 3 unspecified atom stereocenters. The van der Waals surface area contributed by atoms with Crippen LogP contribution in [-0.4, -0.2) is 345 Å². The van der Waals surface area contributed by atoms with Crippen molar-refractivity contribution in [2.45, 2.75) is 342 Å². The highest BCUT2D eigenvalue weighted by molar-refractivity contribution is 5.79. The van der Waals surface area contributed by atoms with Gasteiger partial charge in [-0.25, -0.2) is 4.79 Å². The summed E-state index contributed by atoms with van der Waals surface area (Å²) in [6.07, 6.45) is -52.2. The SMILES string of the molecule is CC[C@H]1O[C@H](O[C@@H]2[C@@H](OC(=O)[C@]34CCC(C)(C)C[C@H]3C3C=C[C@@H]5[C@@]6(C)CC[C@H](O[C@@H]7O[C@H](C(=O)O)[C@@H](O)[C@H](O[C@@H]8OC[C@@H](O)[C@H](O)[C@H]8O)[C@H]7O[C@@H]7O[C@H](CO)[C@H](O)[C@H](O)[C@H]7O)[C@@](C)(C=O)[C@@H]6CC[C@@]5(C)[C@]3(C)C[C@H]4O)O[C@@H](C)[C@@H](OC(C)=O)[C@H]2OC2C[C@H](C)[C@H](OC3OC[C@@H](O)[C@H](O)[C@H]3O)[C@@H](O)[C@H]2O)[C@H](O)[C@@H](O)[C@@H]1O. The second-order valence-corrected chi connectivity index (χ2v) is 35.0. The molecule has 6 heterocycles. The molecule has 0 aromatic heterocycles. The molecular formula is C74H116O36. The molecule has 36 heteroatoms. The van der Waals surface area contributed by atoms with Crippen molar-refractivity contribution in [1.29, 1.82) is 0 Å². The lowest BCUT2D eigenvalue weighted by atomic mass is 9.32. The molecule has 6 saturated heterocycles. The van der Waals surface area contributed by atoms with Crippen molar-refractivity contribution < 1.29 is 177 Å². The lowest BCUT2D eigenvalue weighted by molar-refractivity contribution is -0.391. The van der Waals surface area contributed by atoms with Crippen LogP contribution in [0.3, 0.4) is 0 Å². The van der Waals surface area contributed by atoms with Gasteiger partial charge in [0.25, 0.3) is 0 Å². The predicted molar refractivity (Wildman–Crippen MR) is 364 cm³/mol. The first-order valence-corrected chi connectivity index (χ1v) is 38.6. The first-order chi connectivity index (χ1) is 51.6. The molecule has 0 aromatic rings. The van der Waals surface area contributed by atoms with Crippen LogP contribution in [0, 0.1) is 62.1 Å². The molecule has 12 rings (SSSR count). The first kappa shape index (κ1) is 86.0. The summed E-state index contributed by atoms with van der Waals surface area (Å²) in [4.78, 5) is 56.9. The Hall–Kier alpha value is -3.34. The third-order valence-electron chi connectivity index (χ3n) is 27.9. The number of aldehydes is 1. The van der Waals surface area contributed by atoms with Crippen molar-refractivity contribution in [3.05, 3.63) is 12.2 Å². The van der Waals surface area contributed by atoms with Gasteiger partial charge in [0, 0.05) is 6.92 Å². The molecule has 6 aliphatic heterocycles. The Labute approximate surface area is 635 Å². The van der Waals surface area contributed by atoms with E-state index in [0.717, 1.165) is 13.2 Å². The van der Waals surface area contributed by atoms with E-state index in [4.69, 9.17) is 66.3 Å². The number of carboxylic acids is 1. The van der Waals surface area contributed by atoms with E-state index in [0.29, 0.717) is 32.1 Å². The fraction of sp³-hybridized carbons (Fsp3) is 0.919. The third kappa shape index (κ3) is 14.9. The number of carbonyl (C=O) groups is 4. The van der Waals surface area contributed by atoms with Gasteiger partial charge in [0.15, 0.2) is 49.8 Å². The monoisotopic (exact) mass is 1580 g/mol. The van der Waals surface area contributed by atoms with Gasteiger partial charge in [-0.15, -0.1) is 0 Å². The molecule has 18 N–H and O–H groups in total. The molecule has 6 aliphatic carbocycles. The summed E-state index contributed by atoms with van der Waals surface area (Å²) in [6, 6.07) is 0. The molecule has 36 nitrogen and oxygen atoms in total. The van der Waals surface area contributed by atoms with Crippen LogP contribution >= 0.6 is 0 Å². The zero-order chi connectivity index (χ0) is 80.5. The molecule has 110 heavy (non-hydrogen) atoms. The average molecular weight is 1580 g/mol. The molecule has 11 fully saturated rings. The minimum absolute atomic E-state index is 0.0254. The summed E-state index contributed by atoms with van der Waals surface area (Å²) >= 11 is 0. The van der Waals surface area contributed by atoms with Crippen LogP contribution in [-0.2, 0) is 85.5 Å². The highest BCUT2D eigenvalue weighted by Gasteiger charge is 2.74. The maximum atomic E-state index is 16.3. The summed E-state index contributed by atoms with van der Waals surface area (Å²) in [7, 11) is 0. The fourth-order valence-electron chi connectivity index (χ4n) is 21.3. The third-order valence-corrected chi connectivity index (χ3v) is 27.9. The minimum atomic E-state index is -2.24. The van der Waals surface area contributed by atoms with E-state index in [9.17, 15) is 106 Å². The van der Waals surface area contributed by atoms with Gasteiger partial charge in [0.2, 0.25) is 6.29 Å². The van der Waals surface area contributed by atoms with E-state index in [-0.39, 0.29) is 38.0 Å². The maximum Gasteiger partial charge on any atom is 0.335 e. The van der Waals surface area contributed by atoms with Crippen molar-refractivity contribution in [3.63, 3.8) is 0 Å². The Kier molecular flexibility index (Phi) is 25.4. The number of esters is 2. The van der Waals surface area contributed by atoms with E-state index in [1.807, 2.05) is 0 Å². The van der Waals surface area contributed by atoms with Crippen LogP contribution in [0.5, 0.6) is 0 Å². The predicted octanol–water partition coefficient (Wildman–Crippen LogP) is -4.48. The van der Waals surface area contributed by atoms with Crippen molar-refractivity contribution in [2.75, 3.05) is 19.8 Å². The molecule has 628 valence electrons. The van der Waals surface area contributed by atoms with Gasteiger partial charge >= 0.3 is 17.9 Å². The van der Waals surface area contributed by atoms with Crippen LogP contribution in [0.15, 0.2) is 12.2 Å². The second-order valence-electron chi connectivity index (χ2n) is 35.0. The van der Waals surface area contributed by atoms with Gasteiger partial charge < -0.3 is 163 Å². The summed E-state index contributed by atoms with van der Waals surface area (Å²) < 4.78 is 86.4. The summed E-state index contributed by atoms with van der Waals surface area (Å²) in [5, 5.41) is 200. The van der Waals surface area contributed by atoms with Gasteiger partial charge in [-0.2, -0.15) is 0 Å². The average Bonchev–Trinajstić information content (AvgIpc) is 0.670. The second kappa shape index (κ2) is 32.5. The van der Waals surface area contributed by atoms with E-state index in [1.54, 1.807) is 20.8 Å². The first-order valence-electron chi connectivity index (χ1n) is 38.6. The number of hydrogen-bond donors (Lipinski definition) is 18. The number of hydrogen-bond acceptors (Lipinski definition) is 35. The fourth-order valence-corrected chi connectivity index (χ4v) is 21.3. The standard InChI is InChI=1S/C74H116O36/c1-11-34-43(83)46(86)51(91)64(102-34)109-60-58(101-35-20-27(2)54(48(88)44(35)84)105-62-49(89)41(81)32(78)24-97-62)55(100-29(4)77)28(3)99-66(60)110-68(96)74-19-18-69(5,6)21-31(74)30-12-13-38-70(7)16-15-40(71(8,26-76)37(70)14-17-72(38,9)73(30,10)22-39(74)80)104-67-59(108-65-52(92)47(87)45(85)36(23-75)103-65)56(53(93)57(107-67)61(94)95)106-63-50(90)42(82)33(79)25-98-63/h12-13,26-28,30-60,62-67,75,78-93H,11,14-25H2,1-10H3,(H,94,95)/t27-,28-,30?,31-,32+,33+,34+,35?,36+,37+,38+,39+,40-,41-,42-,43+,44-,45-,46-,47-,48-,49+,50+,51+,52+,53-,54-,55+,56-,57-,58+,59+,60-,62?,63-,64+,65-,66+,67+,70-,71-,72+,73+,74+/m0/s1. The summed E-state index contributed by atoms with van der Waals surface area (Å²) in [5.74, 6) is -6.30. The molecule has 44 atom stereocenters. The van der Waals surface area contributed by atoms with Crippen LogP contribution in [0.2, 0.25) is 0 Å². The van der Waals surface area contributed by atoms with E-state index < -0.39 is 303 Å². The van der Waals surface area contributed by atoms with Crippen molar-refractivity contribution in [2.24, 2.45) is 62.1 Å². The zero-order valence-electron chi connectivity index (χ0n) is 63.3. The van der Waals surface area contributed by atoms with Crippen molar-refractivity contribution in [3.8, 4) is 0 Å². The quantitative estimate of drug-likeness (QED) is 0.0251. The van der Waals surface area contributed by atoms with Gasteiger partial charge in [-0.1, -0.05) is 67.5 Å². The molecule has 0 aromatic carbocycles. The number of aliphatic carboxylic acids is 1. The van der Waals surface area contributed by atoms with Gasteiger partial charge in [-0.05, 0) is 122 Å². The number of rotatable bonds is 19. The Morgan fingerprint density at radius 3 is 1.65 bits per heavy atom. The van der Waals surface area contributed by atoms with Gasteiger partial charge in [0.1, 0.15) is 122 Å². The number of allylic oxidation sites excluding steroid dienone is 2. The summed E-state index contributed by atoms with van der Waals surface area (Å²) in [6.45, 7) is 16.1. The number of fused-ring (bicyclic) bond motifs is 7. The molecule has 5 saturated carbocycles. The smallest absolute Gasteiger partial charge is 0.335 e. The maximum absolute atomic E-state index is 16.3. The Balaban J connectivity index is 0.846. The van der Waals surface area contributed by atoms with Crippen molar-refractivity contribution in [1.82, 2.24) is 0 Å². The Bertz CT molecular complexity index is 3240. The van der Waals surface area contributed by atoms with E-state index in [1.165, 1.54) is 6.92 Å². The molecule has 0 bridgehead atoms. The number of carboxylic acid groups (broad SMARTS) is 1. The molecular weight excluding hydrogens is 1460 g/mol. The molecule has 0 radical (unpaired) electrons. The number of aliphatic hydroxyl groups excluding tert-OH is 17. The Morgan fingerprint density at radius 2 is 1.08 bits per heavy atom. The van der Waals surface area contributed by atoms with Crippen LogP contribution in [0.1, 0.15) is 133 Å². The van der Waals surface area contributed by atoms with Crippen LogP contribution < -0.4 is 0 Å². The molecule has 12 aliphatic rings. The lowest BCUT2D eigenvalue weighted by Crippen LogP contribution is -2.70. The van der Waals surface area contributed by atoms with Gasteiger partial charge in [0.05, 0.1) is 67.3 Å². The Morgan fingerprint density at radius 1 is 0.518 bits per heavy atom. The zero-order valence-corrected chi connectivity index (χ0v) is 63.3.